The van der Waals surface area contributed by atoms with Crippen molar-refractivity contribution in [2.24, 2.45) is 0 Å². The number of carbonyl (C=O) groups is 2. The molecule has 2 heterocycles. The first-order chi connectivity index (χ1) is 17.2. The summed E-state index contributed by atoms with van der Waals surface area (Å²) in [7, 11) is 0. The quantitative estimate of drug-likeness (QED) is 0.464. The van der Waals surface area contributed by atoms with Crippen LogP contribution in [-0.2, 0) is 5.41 Å². The predicted octanol–water partition coefficient (Wildman–Crippen LogP) is 4.86. The van der Waals surface area contributed by atoms with Crippen LogP contribution in [0.15, 0.2) is 54.6 Å². The Kier molecular flexibility index (Phi) is 7.89. The Morgan fingerprint density at radius 3 is 2.42 bits per heavy atom. The van der Waals surface area contributed by atoms with Crippen molar-refractivity contribution in [2.75, 3.05) is 31.5 Å². The third-order valence-corrected chi connectivity index (χ3v) is 6.74. The number of hydrogen-bond acceptors (Lipinski definition) is 4. The van der Waals surface area contributed by atoms with Crippen molar-refractivity contribution in [1.29, 1.82) is 0 Å². The van der Waals surface area contributed by atoms with Crippen LogP contribution in [0.4, 0.5) is 10.5 Å². The number of nitrogens with one attached hydrogen (secondary N) is 3. The van der Waals surface area contributed by atoms with Gasteiger partial charge in [0.1, 0.15) is 0 Å². The van der Waals surface area contributed by atoms with E-state index in [1.807, 2.05) is 61.5 Å². The van der Waals surface area contributed by atoms with Gasteiger partial charge in [-0.05, 0) is 55.0 Å². The zero-order valence-corrected chi connectivity index (χ0v) is 21.7. The molecule has 190 valence electrons. The molecule has 4 rings (SSSR count). The minimum absolute atomic E-state index is 0.00822. The number of urea groups is 1. The van der Waals surface area contributed by atoms with Gasteiger partial charge < -0.3 is 20.9 Å². The van der Waals surface area contributed by atoms with E-state index in [0.717, 1.165) is 54.8 Å². The summed E-state index contributed by atoms with van der Waals surface area (Å²) in [5.74, 6) is -0.00822. The molecule has 1 aliphatic rings. The molecule has 3 amide bonds. The fourth-order valence-electron chi connectivity index (χ4n) is 4.60. The first-order valence-electron chi connectivity index (χ1n) is 12.7. The molecule has 1 saturated heterocycles. The lowest BCUT2D eigenvalue weighted by molar-refractivity contribution is 0.0911. The molecule has 0 saturated carbocycles. The number of carbonyl (C=O) groups excluding carboxylic acids is 2. The maximum atomic E-state index is 12.7. The smallest absolute Gasteiger partial charge is 0.319 e. The van der Waals surface area contributed by atoms with Crippen LogP contribution in [0, 0.1) is 6.92 Å². The van der Waals surface area contributed by atoms with E-state index in [-0.39, 0.29) is 23.4 Å². The van der Waals surface area contributed by atoms with Crippen LogP contribution < -0.4 is 16.0 Å². The van der Waals surface area contributed by atoms with Gasteiger partial charge >= 0.3 is 6.03 Å². The lowest BCUT2D eigenvalue weighted by Crippen LogP contribution is -2.46. The third-order valence-electron chi connectivity index (χ3n) is 6.74. The average Bonchev–Trinajstić information content (AvgIpc) is 2.84. The third kappa shape index (κ3) is 6.61. The second-order valence-electron chi connectivity index (χ2n) is 10.6. The lowest BCUT2D eigenvalue weighted by Gasteiger charge is -2.32. The minimum Gasteiger partial charge on any atom is -0.349 e. The van der Waals surface area contributed by atoms with Gasteiger partial charge in [-0.25, -0.2) is 4.79 Å². The number of aromatic nitrogens is 1. The van der Waals surface area contributed by atoms with Gasteiger partial charge in [0.25, 0.3) is 5.91 Å². The minimum atomic E-state index is -0.217. The van der Waals surface area contributed by atoms with Crippen molar-refractivity contribution in [3.8, 4) is 0 Å². The van der Waals surface area contributed by atoms with Gasteiger partial charge in [-0.2, -0.15) is 0 Å². The summed E-state index contributed by atoms with van der Waals surface area (Å²) in [6.45, 7) is 11.6. The Labute approximate surface area is 213 Å². The highest BCUT2D eigenvalue weighted by Crippen LogP contribution is 2.23. The molecule has 0 bridgehead atoms. The Bertz CT molecular complexity index is 1210. The molecular formula is C29H37N5O2. The number of piperidine rings is 1. The number of amides is 3. The molecule has 3 N–H and O–H groups in total. The number of fused-ring (bicyclic) bond motifs is 1. The van der Waals surface area contributed by atoms with Crippen molar-refractivity contribution in [1.82, 2.24) is 20.5 Å². The van der Waals surface area contributed by atoms with Crippen LogP contribution in [0.25, 0.3) is 10.9 Å². The summed E-state index contributed by atoms with van der Waals surface area (Å²) in [5.41, 5.74) is 4.49. The molecule has 0 radical (unpaired) electrons. The summed E-state index contributed by atoms with van der Waals surface area (Å²) < 4.78 is 0. The SMILES string of the molecule is Cc1cc(NC(=O)NCCN2CCC(NC(=O)c3ccc(C(C)(C)C)cc3)CC2)c2ccccc2n1. The molecule has 0 spiro atoms. The van der Waals surface area contributed by atoms with Crippen molar-refractivity contribution in [3.63, 3.8) is 0 Å². The normalized spacial score (nSPS) is 15.0. The van der Waals surface area contributed by atoms with Crippen molar-refractivity contribution >= 4 is 28.5 Å². The van der Waals surface area contributed by atoms with Crippen LogP contribution in [0.1, 0.15) is 55.2 Å². The largest absolute Gasteiger partial charge is 0.349 e. The number of nitrogens with zero attached hydrogens (tertiary/aromatic N) is 2. The summed E-state index contributed by atoms with van der Waals surface area (Å²) in [6.07, 6.45) is 1.81. The zero-order chi connectivity index (χ0) is 25.7. The van der Waals surface area contributed by atoms with Gasteiger partial charge in [-0.15, -0.1) is 0 Å². The molecule has 0 unspecified atom stereocenters. The number of rotatable bonds is 6. The van der Waals surface area contributed by atoms with Crippen molar-refractivity contribution in [2.45, 2.75) is 52.0 Å². The highest BCUT2D eigenvalue weighted by molar-refractivity contribution is 6.00. The first kappa shape index (κ1) is 25.6. The summed E-state index contributed by atoms with van der Waals surface area (Å²) >= 11 is 0. The fourth-order valence-corrected chi connectivity index (χ4v) is 4.60. The van der Waals surface area contributed by atoms with Gasteiger partial charge in [0.15, 0.2) is 0 Å². The molecule has 7 heteroatoms. The van der Waals surface area contributed by atoms with E-state index in [9.17, 15) is 9.59 Å². The predicted molar refractivity (Wildman–Crippen MR) is 146 cm³/mol. The van der Waals surface area contributed by atoms with Crippen LogP contribution in [-0.4, -0.2) is 54.0 Å². The Morgan fingerprint density at radius 2 is 1.72 bits per heavy atom. The van der Waals surface area contributed by atoms with Crippen LogP contribution in [0.2, 0.25) is 0 Å². The van der Waals surface area contributed by atoms with Crippen molar-refractivity contribution < 1.29 is 9.59 Å². The molecule has 36 heavy (non-hydrogen) atoms. The summed E-state index contributed by atoms with van der Waals surface area (Å²) in [5, 5.41) is 10.0. The van der Waals surface area contributed by atoms with Gasteiger partial charge in [0.2, 0.25) is 0 Å². The monoisotopic (exact) mass is 487 g/mol. The molecule has 7 nitrogen and oxygen atoms in total. The van der Waals surface area contributed by atoms with E-state index < -0.39 is 0 Å². The molecule has 1 aliphatic heterocycles. The Morgan fingerprint density at radius 1 is 1.03 bits per heavy atom. The number of para-hydroxylation sites is 1. The van der Waals surface area contributed by atoms with Gasteiger partial charge in [-0.3, -0.25) is 9.78 Å². The van der Waals surface area contributed by atoms with E-state index >= 15 is 0 Å². The number of aryl methyl sites for hydroxylation is 1. The molecular weight excluding hydrogens is 450 g/mol. The van der Waals surface area contributed by atoms with Gasteiger partial charge in [0.05, 0.1) is 11.2 Å². The van der Waals surface area contributed by atoms with E-state index in [0.29, 0.717) is 12.1 Å². The number of pyridine rings is 1. The van der Waals surface area contributed by atoms with Crippen LogP contribution in [0.3, 0.4) is 0 Å². The van der Waals surface area contributed by atoms with Crippen LogP contribution >= 0.6 is 0 Å². The molecule has 1 aromatic heterocycles. The van der Waals surface area contributed by atoms with E-state index in [4.69, 9.17) is 0 Å². The zero-order valence-electron chi connectivity index (χ0n) is 21.7. The van der Waals surface area contributed by atoms with E-state index in [2.05, 4.69) is 46.6 Å². The molecule has 0 atom stereocenters. The van der Waals surface area contributed by atoms with Crippen molar-refractivity contribution in [3.05, 3.63) is 71.4 Å². The Balaban J connectivity index is 1.18. The molecule has 0 aliphatic carbocycles. The number of likely N-dealkylation sites (tertiary alicyclic amines) is 1. The maximum Gasteiger partial charge on any atom is 0.319 e. The fraction of sp³-hybridized carbons (Fsp3) is 0.414. The molecule has 3 aromatic rings. The highest BCUT2D eigenvalue weighted by Gasteiger charge is 2.21. The van der Waals surface area contributed by atoms with E-state index in [1.165, 1.54) is 5.56 Å². The van der Waals surface area contributed by atoms with E-state index in [1.54, 1.807) is 0 Å². The van der Waals surface area contributed by atoms with Gasteiger partial charge in [-0.1, -0.05) is 51.1 Å². The first-order valence-corrected chi connectivity index (χ1v) is 12.7. The molecule has 1 fully saturated rings. The summed E-state index contributed by atoms with van der Waals surface area (Å²) in [4.78, 5) is 32.0. The molecule has 2 aromatic carbocycles. The highest BCUT2D eigenvalue weighted by atomic mass is 16.2. The number of benzene rings is 2. The van der Waals surface area contributed by atoms with Crippen LogP contribution in [0.5, 0.6) is 0 Å². The number of hydrogen-bond donors (Lipinski definition) is 3. The van der Waals surface area contributed by atoms with Gasteiger partial charge in [0, 0.05) is 48.9 Å². The average molecular weight is 488 g/mol. The second-order valence-corrected chi connectivity index (χ2v) is 10.6. The summed E-state index contributed by atoms with van der Waals surface area (Å²) in [6, 6.07) is 17.5. The topological polar surface area (TPSA) is 86.4 Å². The Hall–Kier alpha value is -3.45. The maximum absolute atomic E-state index is 12.7. The second kappa shape index (κ2) is 11.1. The standard InChI is InChI=1S/C29H37N5O2/c1-20-19-26(24-7-5-6-8-25(24)31-20)33-28(36)30-15-18-34-16-13-23(14-17-34)32-27(35)21-9-11-22(12-10-21)29(2,3)4/h5-12,19,23H,13-18H2,1-4H3,(H,32,35)(H2,30,31,33,36). The number of anilines is 1. The lowest BCUT2D eigenvalue weighted by atomic mass is 9.86.